The number of rotatable bonds is 8. The van der Waals surface area contributed by atoms with Crippen LogP contribution in [0.25, 0.3) is 10.9 Å². The molecule has 0 fully saturated rings. The highest BCUT2D eigenvalue weighted by Crippen LogP contribution is 2.35. The van der Waals surface area contributed by atoms with Gasteiger partial charge in [0.1, 0.15) is 6.07 Å². The number of aromatic nitrogens is 2. The van der Waals surface area contributed by atoms with Crippen molar-refractivity contribution in [1.29, 1.82) is 5.26 Å². The predicted molar refractivity (Wildman–Crippen MR) is 150 cm³/mol. The molecule has 0 amide bonds. The molecule has 0 spiro atoms. The van der Waals surface area contributed by atoms with Gasteiger partial charge in [0, 0.05) is 36.7 Å². The second-order valence-electron chi connectivity index (χ2n) is 9.16. The lowest BCUT2D eigenvalue weighted by atomic mass is 10.00. The Balaban J connectivity index is 1.62. The third-order valence-corrected chi connectivity index (χ3v) is 6.59. The van der Waals surface area contributed by atoms with E-state index in [9.17, 15) is 9.65 Å². The predicted octanol–water partition coefficient (Wildman–Crippen LogP) is 5.13. The van der Waals surface area contributed by atoms with Crippen LogP contribution in [0.4, 0.5) is 15.8 Å². The van der Waals surface area contributed by atoms with E-state index in [2.05, 4.69) is 62.6 Å². The number of terminal acetylenes is 1. The zero-order chi connectivity index (χ0) is 27.4. The molecule has 8 nitrogen and oxygen atoms in total. The molecular weight excluding hydrogens is 491 g/mol. The van der Waals surface area contributed by atoms with Crippen LogP contribution in [0.2, 0.25) is 0 Å². The minimum Gasteiger partial charge on any atom is -0.377 e. The Bertz CT molecular complexity index is 1600. The maximum atomic E-state index is 13.6. The molecule has 4 N–H and O–H groups in total. The number of nitrogens with zero attached hydrogens (tertiary/aromatic N) is 4. The van der Waals surface area contributed by atoms with E-state index in [1.54, 1.807) is 23.3 Å². The van der Waals surface area contributed by atoms with E-state index in [1.165, 1.54) is 12.3 Å². The van der Waals surface area contributed by atoms with Gasteiger partial charge in [0.05, 0.1) is 40.1 Å². The van der Waals surface area contributed by atoms with Crippen LogP contribution >= 0.6 is 0 Å². The van der Waals surface area contributed by atoms with Crippen molar-refractivity contribution in [2.24, 2.45) is 0 Å². The zero-order valence-corrected chi connectivity index (χ0v) is 21.5. The molecule has 0 unspecified atom stereocenters. The van der Waals surface area contributed by atoms with E-state index >= 15 is 0 Å². The SMILES string of the molecule is C#Cc1cnc2c(C#N)cc(N[C@H](C3=CN(C)NN3)c3ccc(F)nc3)cc2c1N[C@H](CC)c1ccccc1. The largest absolute Gasteiger partial charge is 0.377 e. The number of halogens is 1. The van der Waals surface area contributed by atoms with Gasteiger partial charge < -0.3 is 16.1 Å². The van der Waals surface area contributed by atoms with Crippen molar-refractivity contribution in [3.8, 4) is 18.4 Å². The molecule has 2 aromatic carbocycles. The molecule has 9 heteroatoms. The fraction of sp³-hybridized carbons (Fsp3) is 0.167. The lowest BCUT2D eigenvalue weighted by molar-refractivity contribution is 0.326. The van der Waals surface area contributed by atoms with Crippen LogP contribution in [0, 0.1) is 29.6 Å². The molecule has 0 saturated heterocycles. The minimum absolute atomic E-state index is 0.00135. The van der Waals surface area contributed by atoms with E-state index in [1.807, 2.05) is 37.5 Å². The fourth-order valence-electron chi connectivity index (χ4n) is 4.65. The Kier molecular flexibility index (Phi) is 7.26. The summed E-state index contributed by atoms with van der Waals surface area (Å²) in [7, 11) is 1.85. The summed E-state index contributed by atoms with van der Waals surface area (Å²) in [5, 5.41) is 19.6. The molecule has 2 aromatic heterocycles. The topological polar surface area (TPSA) is 101 Å². The number of hydrogen-bond donors (Lipinski definition) is 4. The van der Waals surface area contributed by atoms with Crippen molar-refractivity contribution < 1.29 is 4.39 Å². The van der Waals surface area contributed by atoms with Crippen LogP contribution in [0.5, 0.6) is 0 Å². The van der Waals surface area contributed by atoms with Gasteiger partial charge in [-0.3, -0.25) is 9.99 Å². The van der Waals surface area contributed by atoms with Crippen molar-refractivity contribution in [2.75, 3.05) is 17.7 Å². The van der Waals surface area contributed by atoms with Crippen LogP contribution in [0.3, 0.4) is 0 Å². The van der Waals surface area contributed by atoms with Crippen LogP contribution in [-0.4, -0.2) is 22.0 Å². The molecule has 0 saturated carbocycles. The number of fused-ring (bicyclic) bond motifs is 1. The van der Waals surface area contributed by atoms with Crippen molar-refractivity contribution >= 4 is 22.3 Å². The Morgan fingerprint density at radius 2 is 1.87 bits per heavy atom. The Hall–Kier alpha value is -5.12. The summed E-state index contributed by atoms with van der Waals surface area (Å²) >= 11 is 0. The monoisotopic (exact) mass is 518 g/mol. The summed E-state index contributed by atoms with van der Waals surface area (Å²) in [5.74, 6) is 2.18. The van der Waals surface area contributed by atoms with Gasteiger partial charge in [-0.25, -0.2) is 4.98 Å². The lowest BCUT2D eigenvalue weighted by Crippen LogP contribution is -2.35. The van der Waals surface area contributed by atoms with Gasteiger partial charge in [-0.2, -0.15) is 9.65 Å². The quantitative estimate of drug-likeness (QED) is 0.188. The first-order valence-electron chi connectivity index (χ1n) is 12.5. The van der Waals surface area contributed by atoms with Crippen molar-refractivity contribution in [3.63, 3.8) is 0 Å². The van der Waals surface area contributed by atoms with Crippen molar-refractivity contribution in [3.05, 3.63) is 107 Å². The molecule has 1 aliphatic heterocycles. The summed E-state index contributed by atoms with van der Waals surface area (Å²) < 4.78 is 13.6. The van der Waals surface area contributed by atoms with Crippen LogP contribution in [0.15, 0.2) is 78.9 Å². The number of anilines is 2. The van der Waals surface area contributed by atoms with Gasteiger partial charge in [-0.15, -0.1) is 12.0 Å². The third-order valence-electron chi connectivity index (χ3n) is 6.59. The molecule has 0 radical (unpaired) electrons. The normalized spacial score (nSPS) is 14.1. The number of benzene rings is 2. The Morgan fingerprint density at radius 3 is 2.51 bits per heavy atom. The molecule has 1 aliphatic rings. The third kappa shape index (κ3) is 5.30. The highest BCUT2D eigenvalue weighted by atomic mass is 19.1. The van der Waals surface area contributed by atoms with Crippen LogP contribution < -0.4 is 21.6 Å². The average molecular weight is 519 g/mol. The molecule has 4 aromatic rings. The van der Waals surface area contributed by atoms with Crippen LogP contribution in [0.1, 0.15) is 47.7 Å². The van der Waals surface area contributed by atoms with E-state index in [0.717, 1.165) is 34.3 Å². The molecule has 0 aliphatic carbocycles. The average Bonchev–Trinajstić information content (AvgIpc) is 3.40. The van der Waals surface area contributed by atoms with Gasteiger partial charge in [0.15, 0.2) is 0 Å². The second-order valence-corrected chi connectivity index (χ2v) is 9.16. The number of hydrogen-bond acceptors (Lipinski definition) is 8. The Morgan fingerprint density at radius 1 is 1.05 bits per heavy atom. The number of pyridine rings is 2. The second kappa shape index (κ2) is 11.1. The smallest absolute Gasteiger partial charge is 0.212 e. The molecule has 39 heavy (non-hydrogen) atoms. The number of nitriles is 1. The molecular formula is C30H27FN8. The summed E-state index contributed by atoms with van der Waals surface area (Å²) in [6.07, 6.45) is 11.7. The number of hydrazine groups is 2. The first kappa shape index (κ1) is 25.5. The van der Waals surface area contributed by atoms with Crippen molar-refractivity contribution in [1.82, 2.24) is 25.9 Å². The first-order chi connectivity index (χ1) is 19.0. The molecule has 5 rings (SSSR count). The minimum atomic E-state index is -0.564. The lowest BCUT2D eigenvalue weighted by Gasteiger charge is -2.23. The molecule has 3 heterocycles. The first-order valence-corrected chi connectivity index (χ1v) is 12.5. The molecule has 0 bridgehead atoms. The number of nitrogens with one attached hydrogen (secondary N) is 4. The summed E-state index contributed by atoms with van der Waals surface area (Å²) in [5.41, 5.74) is 11.7. The fourth-order valence-corrected chi connectivity index (χ4v) is 4.65. The Labute approximate surface area is 226 Å². The van der Waals surface area contributed by atoms with E-state index in [-0.39, 0.29) is 6.04 Å². The zero-order valence-electron chi connectivity index (χ0n) is 21.5. The van der Waals surface area contributed by atoms with Crippen LogP contribution in [-0.2, 0) is 0 Å². The summed E-state index contributed by atoms with van der Waals surface area (Å²) in [6, 6.07) is 18.7. The van der Waals surface area contributed by atoms with E-state index in [0.29, 0.717) is 22.3 Å². The van der Waals surface area contributed by atoms with E-state index < -0.39 is 12.0 Å². The van der Waals surface area contributed by atoms with Gasteiger partial charge >= 0.3 is 0 Å². The highest BCUT2D eigenvalue weighted by Gasteiger charge is 2.23. The standard InChI is InChI=1S/C30H27FN8/c1-4-19-16-34-28-22(15-32)13-23(14-24(28)29(19)36-25(5-2)20-9-7-6-8-10-20)35-30(26-18-39(3)38-37-26)21-11-12-27(31)33-17-21/h1,6-14,16-18,25,30,35,37-38H,5H2,2-3H3,(H,34,36)/t25-,30+/m1/s1. The molecule has 194 valence electrons. The maximum absolute atomic E-state index is 13.6. The van der Waals surface area contributed by atoms with Gasteiger partial charge in [0.2, 0.25) is 5.95 Å². The van der Waals surface area contributed by atoms with Gasteiger partial charge in [0.25, 0.3) is 0 Å². The van der Waals surface area contributed by atoms with Crippen molar-refractivity contribution in [2.45, 2.75) is 25.4 Å². The molecule has 2 atom stereocenters. The summed E-state index contributed by atoms with van der Waals surface area (Å²) in [6.45, 7) is 2.10. The maximum Gasteiger partial charge on any atom is 0.212 e. The van der Waals surface area contributed by atoms with E-state index in [4.69, 9.17) is 6.42 Å². The summed E-state index contributed by atoms with van der Waals surface area (Å²) in [4.78, 5) is 8.37. The van der Waals surface area contributed by atoms with Gasteiger partial charge in [-0.05, 0) is 35.7 Å². The van der Waals surface area contributed by atoms with Gasteiger partial charge in [-0.1, -0.05) is 49.2 Å². The highest BCUT2D eigenvalue weighted by molar-refractivity contribution is 5.99.